The highest BCUT2D eigenvalue weighted by Gasteiger charge is 2.36. The summed E-state index contributed by atoms with van der Waals surface area (Å²) in [4.78, 5) is 2.60. The second kappa shape index (κ2) is 6.35. The summed E-state index contributed by atoms with van der Waals surface area (Å²) in [5.74, 6) is 0. The molecule has 0 radical (unpaired) electrons. The molecule has 1 N–H and O–H groups in total. The van der Waals surface area contributed by atoms with E-state index in [-0.39, 0.29) is 0 Å². The summed E-state index contributed by atoms with van der Waals surface area (Å²) in [5, 5.41) is 4.42. The maximum atomic E-state index is 6.13. The first-order valence-corrected chi connectivity index (χ1v) is 8.71. The molecule has 0 amide bonds. The maximum absolute atomic E-state index is 6.13. The van der Waals surface area contributed by atoms with E-state index in [9.17, 15) is 0 Å². The highest BCUT2D eigenvalue weighted by Crippen LogP contribution is 2.36. The van der Waals surface area contributed by atoms with Crippen molar-refractivity contribution in [2.75, 3.05) is 26.2 Å². The Bertz CT molecular complexity index is 466. The predicted molar refractivity (Wildman–Crippen MR) is 88.2 cm³/mol. The topological polar surface area (TPSA) is 15.3 Å². The number of halogens is 2. The van der Waals surface area contributed by atoms with Crippen molar-refractivity contribution in [3.8, 4) is 0 Å². The number of likely N-dealkylation sites (tertiary alicyclic amines) is 1. The molecule has 1 aromatic rings. The molecule has 1 atom stereocenters. The van der Waals surface area contributed by atoms with Gasteiger partial charge >= 0.3 is 0 Å². The van der Waals surface area contributed by atoms with E-state index in [4.69, 9.17) is 11.6 Å². The second-order valence-electron chi connectivity index (χ2n) is 6.33. The zero-order valence-corrected chi connectivity index (χ0v) is 14.1. The van der Waals surface area contributed by atoms with E-state index in [1.807, 2.05) is 6.07 Å². The highest BCUT2D eigenvalue weighted by atomic mass is 79.9. The quantitative estimate of drug-likeness (QED) is 0.858. The summed E-state index contributed by atoms with van der Waals surface area (Å²) >= 11 is 9.77. The van der Waals surface area contributed by atoms with Gasteiger partial charge < -0.3 is 5.32 Å². The number of nitrogens with zero attached hydrogens (tertiary/aromatic N) is 1. The molecule has 2 aliphatic rings. The SMILES string of the molecule is Clc1ccc(Br)c(CN2CCCC3(CCCNC3)C2)c1. The molecule has 20 heavy (non-hydrogen) atoms. The van der Waals surface area contributed by atoms with Crippen molar-refractivity contribution in [3.63, 3.8) is 0 Å². The van der Waals surface area contributed by atoms with Gasteiger partial charge in [-0.15, -0.1) is 0 Å². The number of benzene rings is 1. The van der Waals surface area contributed by atoms with Crippen LogP contribution in [0, 0.1) is 5.41 Å². The van der Waals surface area contributed by atoms with Gasteiger partial charge in [0.15, 0.2) is 0 Å². The molecule has 3 rings (SSSR count). The molecular weight excluding hydrogens is 336 g/mol. The van der Waals surface area contributed by atoms with E-state index in [1.54, 1.807) is 0 Å². The van der Waals surface area contributed by atoms with Crippen molar-refractivity contribution >= 4 is 27.5 Å². The zero-order chi connectivity index (χ0) is 14.0. The lowest BCUT2D eigenvalue weighted by molar-refractivity contribution is 0.0599. The third kappa shape index (κ3) is 3.38. The first-order chi connectivity index (χ1) is 9.67. The van der Waals surface area contributed by atoms with Crippen LogP contribution in [0.15, 0.2) is 22.7 Å². The molecule has 2 aliphatic heterocycles. The monoisotopic (exact) mass is 356 g/mol. The van der Waals surface area contributed by atoms with E-state index < -0.39 is 0 Å². The molecule has 110 valence electrons. The van der Waals surface area contributed by atoms with Crippen LogP contribution in [0.4, 0.5) is 0 Å². The van der Waals surface area contributed by atoms with Crippen molar-refractivity contribution in [1.82, 2.24) is 10.2 Å². The molecule has 0 aliphatic carbocycles. The Morgan fingerprint density at radius 1 is 1.30 bits per heavy atom. The molecule has 1 unspecified atom stereocenters. The fourth-order valence-electron chi connectivity index (χ4n) is 3.73. The zero-order valence-electron chi connectivity index (χ0n) is 11.8. The van der Waals surface area contributed by atoms with Crippen molar-refractivity contribution in [1.29, 1.82) is 0 Å². The Morgan fingerprint density at radius 3 is 2.95 bits per heavy atom. The number of hydrogen-bond donors (Lipinski definition) is 1. The van der Waals surface area contributed by atoms with Gasteiger partial charge in [-0.1, -0.05) is 27.5 Å². The largest absolute Gasteiger partial charge is 0.316 e. The molecule has 2 nitrogen and oxygen atoms in total. The average Bonchev–Trinajstić information content (AvgIpc) is 2.44. The van der Waals surface area contributed by atoms with Crippen LogP contribution in [0.1, 0.15) is 31.2 Å². The van der Waals surface area contributed by atoms with Gasteiger partial charge in [-0.25, -0.2) is 0 Å². The van der Waals surface area contributed by atoms with E-state index in [2.05, 4.69) is 38.3 Å². The molecule has 1 aromatic carbocycles. The maximum Gasteiger partial charge on any atom is 0.0410 e. The van der Waals surface area contributed by atoms with E-state index in [0.717, 1.165) is 11.6 Å². The van der Waals surface area contributed by atoms with Gasteiger partial charge in [0.2, 0.25) is 0 Å². The van der Waals surface area contributed by atoms with Gasteiger partial charge in [-0.3, -0.25) is 4.90 Å². The third-order valence-electron chi connectivity index (χ3n) is 4.70. The van der Waals surface area contributed by atoms with Crippen LogP contribution in [0.3, 0.4) is 0 Å². The van der Waals surface area contributed by atoms with Crippen LogP contribution >= 0.6 is 27.5 Å². The van der Waals surface area contributed by atoms with Crippen molar-refractivity contribution in [2.24, 2.45) is 5.41 Å². The van der Waals surface area contributed by atoms with Crippen LogP contribution in [0.5, 0.6) is 0 Å². The van der Waals surface area contributed by atoms with Crippen LogP contribution in [0.2, 0.25) is 5.02 Å². The standard InChI is InChI=1S/C16H22BrClN2/c17-15-4-3-14(18)9-13(15)10-20-8-2-6-16(12-20)5-1-7-19-11-16/h3-4,9,19H,1-2,5-8,10-12H2. The van der Waals surface area contributed by atoms with Crippen molar-refractivity contribution in [2.45, 2.75) is 32.2 Å². The summed E-state index contributed by atoms with van der Waals surface area (Å²) in [7, 11) is 0. The fourth-order valence-corrected chi connectivity index (χ4v) is 4.30. The molecule has 2 heterocycles. The Hall–Kier alpha value is -0.0900. The van der Waals surface area contributed by atoms with Crippen LogP contribution in [-0.2, 0) is 6.54 Å². The van der Waals surface area contributed by atoms with Gasteiger partial charge in [0, 0.05) is 29.1 Å². The summed E-state index contributed by atoms with van der Waals surface area (Å²) in [6.07, 6.45) is 5.41. The summed E-state index contributed by atoms with van der Waals surface area (Å²) in [6.45, 7) is 5.82. The molecule has 4 heteroatoms. The average molecular weight is 358 g/mol. The first-order valence-electron chi connectivity index (χ1n) is 7.54. The van der Waals surface area contributed by atoms with Gasteiger partial charge in [0.25, 0.3) is 0 Å². The fraction of sp³-hybridized carbons (Fsp3) is 0.625. The van der Waals surface area contributed by atoms with Crippen LogP contribution in [-0.4, -0.2) is 31.1 Å². The Labute approximate surface area is 135 Å². The van der Waals surface area contributed by atoms with E-state index in [0.29, 0.717) is 5.41 Å². The summed E-state index contributed by atoms with van der Waals surface area (Å²) in [5.41, 5.74) is 1.82. The lowest BCUT2D eigenvalue weighted by Gasteiger charge is -2.45. The molecule has 2 fully saturated rings. The Morgan fingerprint density at radius 2 is 2.15 bits per heavy atom. The van der Waals surface area contributed by atoms with Crippen LogP contribution < -0.4 is 5.32 Å². The van der Waals surface area contributed by atoms with Gasteiger partial charge in [0.05, 0.1) is 0 Å². The van der Waals surface area contributed by atoms with Crippen LogP contribution in [0.25, 0.3) is 0 Å². The summed E-state index contributed by atoms with van der Waals surface area (Å²) in [6, 6.07) is 6.09. The van der Waals surface area contributed by atoms with E-state index >= 15 is 0 Å². The molecule has 0 saturated carbocycles. The van der Waals surface area contributed by atoms with Crippen molar-refractivity contribution < 1.29 is 0 Å². The highest BCUT2D eigenvalue weighted by molar-refractivity contribution is 9.10. The van der Waals surface area contributed by atoms with E-state index in [1.165, 1.54) is 61.9 Å². The Kier molecular flexibility index (Phi) is 4.71. The van der Waals surface area contributed by atoms with Gasteiger partial charge in [0.1, 0.15) is 0 Å². The smallest absolute Gasteiger partial charge is 0.0410 e. The molecule has 1 spiro atoms. The first kappa shape index (κ1) is 14.8. The number of piperidine rings is 2. The molecular formula is C16H22BrClN2. The Balaban J connectivity index is 1.69. The van der Waals surface area contributed by atoms with Gasteiger partial charge in [-0.05, 0) is 68.0 Å². The lowest BCUT2D eigenvalue weighted by atomic mass is 9.74. The lowest BCUT2D eigenvalue weighted by Crippen LogP contribution is -2.50. The normalized spacial score (nSPS) is 27.9. The minimum absolute atomic E-state index is 0.515. The van der Waals surface area contributed by atoms with Gasteiger partial charge in [-0.2, -0.15) is 0 Å². The molecule has 2 saturated heterocycles. The minimum atomic E-state index is 0.515. The minimum Gasteiger partial charge on any atom is -0.316 e. The molecule has 0 bridgehead atoms. The third-order valence-corrected chi connectivity index (χ3v) is 5.71. The molecule has 0 aromatic heterocycles. The number of rotatable bonds is 2. The van der Waals surface area contributed by atoms with Crippen molar-refractivity contribution in [3.05, 3.63) is 33.3 Å². The number of nitrogens with one attached hydrogen (secondary N) is 1. The number of hydrogen-bond acceptors (Lipinski definition) is 2. The predicted octanol–water partition coefficient (Wildman–Crippen LogP) is 4.07. The second-order valence-corrected chi connectivity index (χ2v) is 7.62. The summed E-state index contributed by atoms with van der Waals surface area (Å²) < 4.78 is 1.17.